The molecule has 1 aliphatic heterocycles. The van der Waals surface area contributed by atoms with E-state index in [1.807, 2.05) is 0 Å². The molecule has 0 saturated carbocycles. The van der Waals surface area contributed by atoms with E-state index in [1.165, 1.54) is 31.7 Å². The monoisotopic (exact) mass is 518 g/mol. The quantitative estimate of drug-likeness (QED) is 0.292. The van der Waals surface area contributed by atoms with Crippen molar-refractivity contribution in [1.82, 2.24) is 0 Å². The van der Waals surface area contributed by atoms with E-state index in [0.29, 0.717) is 0 Å². The fourth-order valence-corrected chi connectivity index (χ4v) is 2.49. The van der Waals surface area contributed by atoms with Gasteiger partial charge in [0.2, 0.25) is 0 Å². The fourth-order valence-electron chi connectivity index (χ4n) is 2.49. The van der Waals surface area contributed by atoms with E-state index in [0.717, 1.165) is 27.9 Å². The third kappa shape index (κ3) is 7.00. The zero-order valence-electron chi connectivity index (χ0n) is 13.6. The topological polar surface area (TPSA) is 9.23 Å². The Kier molecular flexibility index (Phi) is 9.05. The van der Waals surface area contributed by atoms with Gasteiger partial charge in [-0.05, 0) is 19.1 Å². The molecule has 122 valence electrons. The number of quaternary nitrogens is 2. The summed E-state index contributed by atoms with van der Waals surface area (Å²) < 4.78 is 8.17. The van der Waals surface area contributed by atoms with Crippen molar-refractivity contribution in [3.8, 4) is 5.75 Å². The van der Waals surface area contributed by atoms with Gasteiger partial charge in [0.15, 0.2) is 0 Å². The average Bonchev–Trinajstić information content (AvgIpc) is 2.36. The summed E-state index contributed by atoms with van der Waals surface area (Å²) in [6.07, 6.45) is 0. The normalized spacial score (nSPS) is 19.0. The molecular weight excluding hydrogens is 490 g/mol. The van der Waals surface area contributed by atoms with Crippen molar-refractivity contribution in [3.63, 3.8) is 0 Å². The minimum Gasteiger partial charge on any atom is -1.00 e. The molecule has 1 heterocycles. The third-order valence-corrected chi connectivity index (χ3v) is 4.41. The molecule has 1 aromatic rings. The third-order valence-electron chi connectivity index (χ3n) is 4.41. The second kappa shape index (κ2) is 8.88. The lowest BCUT2D eigenvalue weighted by molar-refractivity contribution is -1.01. The van der Waals surface area contributed by atoms with Crippen LogP contribution in [0, 0.1) is 6.92 Å². The minimum absolute atomic E-state index is 0. The van der Waals surface area contributed by atoms with Gasteiger partial charge in [0.1, 0.15) is 45.1 Å². The molecule has 1 aliphatic rings. The van der Waals surface area contributed by atoms with E-state index in [2.05, 4.69) is 52.3 Å². The van der Waals surface area contributed by atoms with Crippen molar-refractivity contribution >= 4 is 0 Å². The smallest absolute Gasteiger partial charge is 0.137 e. The van der Waals surface area contributed by atoms with E-state index < -0.39 is 0 Å². The Hall–Kier alpha value is 0.400. The van der Waals surface area contributed by atoms with Gasteiger partial charge in [-0.1, -0.05) is 17.7 Å². The molecule has 0 radical (unpaired) electrons. The Balaban J connectivity index is 0.00000200. The molecule has 0 spiro atoms. The Morgan fingerprint density at radius 3 is 1.95 bits per heavy atom. The first-order valence-electron chi connectivity index (χ1n) is 7.24. The van der Waals surface area contributed by atoms with Gasteiger partial charge in [0.25, 0.3) is 0 Å². The summed E-state index contributed by atoms with van der Waals surface area (Å²) in [7, 11) is 7.01. The lowest BCUT2D eigenvalue weighted by Crippen LogP contribution is -3.00. The number of aryl methyl sites for hydroxylation is 1. The number of hydrogen-bond donors (Lipinski definition) is 0. The molecule has 0 bridgehead atoms. The van der Waals surface area contributed by atoms with Crippen LogP contribution in [0.15, 0.2) is 24.3 Å². The summed E-state index contributed by atoms with van der Waals surface area (Å²) >= 11 is 0. The highest BCUT2D eigenvalue weighted by molar-refractivity contribution is 5.26. The van der Waals surface area contributed by atoms with Gasteiger partial charge in [0, 0.05) is 0 Å². The van der Waals surface area contributed by atoms with Crippen molar-refractivity contribution in [1.29, 1.82) is 0 Å². The van der Waals surface area contributed by atoms with Gasteiger partial charge in [-0.3, -0.25) is 0 Å². The van der Waals surface area contributed by atoms with Crippen LogP contribution in [0.25, 0.3) is 0 Å². The van der Waals surface area contributed by atoms with Gasteiger partial charge < -0.3 is 61.7 Å². The second-order valence-corrected chi connectivity index (χ2v) is 6.83. The molecule has 3 nitrogen and oxygen atoms in total. The van der Waals surface area contributed by atoms with Crippen LogP contribution in [0.5, 0.6) is 5.75 Å². The molecule has 1 saturated heterocycles. The molecule has 1 aromatic carbocycles. The first kappa shape index (κ1) is 21.4. The molecule has 5 heteroatoms. The van der Waals surface area contributed by atoms with E-state index in [9.17, 15) is 0 Å². The first-order valence-corrected chi connectivity index (χ1v) is 7.24. The fraction of sp³-hybridized carbons (Fsp3) is 0.625. The predicted octanol–water partition coefficient (Wildman–Crippen LogP) is -4.08. The van der Waals surface area contributed by atoms with E-state index in [-0.39, 0.29) is 48.0 Å². The van der Waals surface area contributed by atoms with Crippen LogP contribution < -0.4 is 52.7 Å². The Bertz CT molecular complexity index is 411. The molecule has 0 aliphatic carbocycles. The van der Waals surface area contributed by atoms with E-state index in [4.69, 9.17) is 4.74 Å². The van der Waals surface area contributed by atoms with Crippen molar-refractivity contribution in [2.75, 3.05) is 60.5 Å². The highest BCUT2D eigenvalue weighted by atomic mass is 127. The maximum absolute atomic E-state index is 5.86. The maximum Gasteiger partial charge on any atom is 0.137 e. The Labute approximate surface area is 163 Å². The van der Waals surface area contributed by atoms with Crippen LogP contribution in [0.2, 0.25) is 0 Å². The van der Waals surface area contributed by atoms with Gasteiger partial charge >= 0.3 is 0 Å². The van der Waals surface area contributed by atoms with Crippen LogP contribution in [0.4, 0.5) is 0 Å². The highest BCUT2D eigenvalue weighted by Crippen LogP contribution is 2.15. The summed E-state index contributed by atoms with van der Waals surface area (Å²) in [5.74, 6) is 0.991. The number of halogens is 2. The molecule has 0 unspecified atom stereocenters. The molecule has 0 amide bonds. The molecule has 21 heavy (non-hydrogen) atoms. The van der Waals surface area contributed by atoms with Gasteiger partial charge in [-0.2, -0.15) is 0 Å². The number of hydrogen-bond acceptors (Lipinski definition) is 1. The first-order chi connectivity index (χ1) is 8.89. The number of likely N-dealkylation sites (N-methyl/N-ethyl adjacent to an activating group) is 2. The largest absolute Gasteiger partial charge is 1.00 e. The number of ether oxygens (including phenoxy) is 1. The lowest BCUT2D eigenvalue weighted by Gasteiger charge is -2.44. The van der Waals surface area contributed by atoms with Crippen molar-refractivity contribution in [2.24, 2.45) is 0 Å². The molecule has 2 rings (SSSR count). The van der Waals surface area contributed by atoms with E-state index >= 15 is 0 Å². The average molecular weight is 518 g/mol. The molecule has 0 atom stereocenters. The highest BCUT2D eigenvalue weighted by Gasteiger charge is 2.34. The van der Waals surface area contributed by atoms with Gasteiger partial charge in [0.05, 0.1) is 21.1 Å². The lowest BCUT2D eigenvalue weighted by atomic mass is 10.2. The SMILES string of the molecule is Cc1ccc(OCC[N+]2(C)CC[N+](C)(C)CC2)cc1.[I-].[I-]. The Morgan fingerprint density at radius 1 is 0.905 bits per heavy atom. The van der Waals surface area contributed by atoms with Crippen molar-refractivity contribution < 1.29 is 61.7 Å². The second-order valence-electron chi connectivity index (χ2n) is 6.83. The molecular formula is C16H28I2N2O. The van der Waals surface area contributed by atoms with Crippen molar-refractivity contribution in [3.05, 3.63) is 29.8 Å². The standard InChI is InChI=1S/C16H28N2O.2HI/c1-15-5-7-16(8-6-15)19-14-13-18(4)11-9-17(2,3)10-12-18;;/h5-8H,9-14H2,1-4H3;2*1H/q+2;;/p-2. The van der Waals surface area contributed by atoms with Gasteiger partial charge in [-0.15, -0.1) is 0 Å². The van der Waals surface area contributed by atoms with Crippen LogP contribution in [0.3, 0.4) is 0 Å². The molecule has 0 aromatic heterocycles. The van der Waals surface area contributed by atoms with Crippen molar-refractivity contribution in [2.45, 2.75) is 6.92 Å². The number of benzene rings is 1. The maximum atomic E-state index is 5.86. The summed E-state index contributed by atoms with van der Waals surface area (Å²) in [6.45, 7) is 9.06. The summed E-state index contributed by atoms with van der Waals surface area (Å²) in [5.41, 5.74) is 1.28. The number of nitrogens with zero attached hydrogens (tertiary/aromatic N) is 2. The molecule has 1 fully saturated rings. The molecule has 0 N–H and O–H groups in total. The van der Waals surface area contributed by atoms with Crippen LogP contribution in [0.1, 0.15) is 5.56 Å². The Morgan fingerprint density at radius 2 is 1.43 bits per heavy atom. The summed E-state index contributed by atoms with van der Waals surface area (Å²) in [5, 5.41) is 0. The number of piperazine rings is 1. The van der Waals surface area contributed by atoms with Crippen LogP contribution in [-0.2, 0) is 0 Å². The number of rotatable bonds is 4. The van der Waals surface area contributed by atoms with E-state index in [1.54, 1.807) is 0 Å². The predicted molar refractivity (Wildman–Crippen MR) is 79.3 cm³/mol. The van der Waals surface area contributed by atoms with Crippen LogP contribution in [-0.4, -0.2) is 69.4 Å². The summed E-state index contributed by atoms with van der Waals surface area (Å²) in [6, 6.07) is 8.33. The minimum atomic E-state index is 0. The summed E-state index contributed by atoms with van der Waals surface area (Å²) in [4.78, 5) is 0. The van der Waals surface area contributed by atoms with Gasteiger partial charge in [-0.25, -0.2) is 0 Å². The zero-order chi connectivity index (χ0) is 13.9. The zero-order valence-corrected chi connectivity index (χ0v) is 17.9. The van der Waals surface area contributed by atoms with Crippen LogP contribution >= 0.6 is 0 Å².